The molecule has 0 aliphatic rings. The van der Waals surface area contributed by atoms with Crippen LogP contribution in [0.2, 0.25) is 0 Å². The maximum Gasteiger partial charge on any atom is 0.341 e. The number of carboxylic acids is 1. The number of pyridine rings is 1. The molecule has 0 aliphatic carbocycles. The van der Waals surface area contributed by atoms with Gasteiger partial charge in [-0.05, 0) is 18.1 Å². The number of hydrogen-bond donors (Lipinski definition) is 1. The number of carboxylic acid groups (broad SMARTS) is 1. The van der Waals surface area contributed by atoms with E-state index in [0.29, 0.717) is 12.5 Å². The Labute approximate surface area is 81.8 Å². The summed E-state index contributed by atoms with van der Waals surface area (Å²) in [5.41, 5.74) is -0.609. The third-order valence-corrected chi connectivity index (χ3v) is 1.81. The predicted molar refractivity (Wildman–Crippen MR) is 52.5 cm³/mol. The maximum atomic E-state index is 11.5. The lowest BCUT2D eigenvalue weighted by atomic mass is 10.2. The Kier molecular flexibility index (Phi) is 3.06. The Bertz CT molecular complexity index is 393. The lowest BCUT2D eigenvalue weighted by Gasteiger charge is -2.08. The highest BCUT2D eigenvalue weighted by molar-refractivity contribution is 5.86. The molecule has 0 saturated carbocycles. The van der Waals surface area contributed by atoms with Gasteiger partial charge in [-0.25, -0.2) is 4.79 Å². The maximum absolute atomic E-state index is 11.5. The molecule has 14 heavy (non-hydrogen) atoms. The van der Waals surface area contributed by atoms with Crippen LogP contribution in [-0.2, 0) is 6.54 Å². The van der Waals surface area contributed by atoms with E-state index in [1.54, 1.807) is 12.3 Å². The molecule has 0 spiro atoms. The molecule has 76 valence electrons. The van der Waals surface area contributed by atoms with E-state index < -0.39 is 11.5 Å². The van der Waals surface area contributed by atoms with Crippen molar-refractivity contribution < 1.29 is 9.90 Å². The smallest absolute Gasteiger partial charge is 0.341 e. The molecular weight excluding hydrogens is 182 g/mol. The monoisotopic (exact) mass is 195 g/mol. The van der Waals surface area contributed by atoms with Gasteiger partial charge in [0.2, 0.25) is 0 Å². The van der Waals surface area contributed by atoms with Crippen LogP contribution in [0.4, 0.5) is 0 Å². The summed E-state index contributed by atoms with van der Waals surface area (Å²) in [5, 5.41) is 8.71. The molecule has 1 aromatic rings. The molecule has 0 unspecified atom stereocenters. The highest BCUT2D eigenvalue weighted by atomic mass is 16.4. The van der Waals surface area contributed by atoms with E-state index in [4.69, 9.17) is 5.11 Å². The van der Waals surface area contributed by atoms with Gasteiger partial charge in [0.25, 0.3) is 5.56 Å². The highest BCUT2D eigenvalue weighted by Gasteiger charge is 2.10. The van der Waals surface area contributed by atoms with Crippen molar-refractivity contribution in [2.24, 2.45) is 5.92 Å². The van der Waals surface area contributed by atoms with Crippen LogP contribution in [0.15, 0.2) is 23.1 Å². The van der Waals surface area contributed by atoms with Gasteiger partial charge in [-0.1, -0.05) is 13.8 Å². The van der Waals surface area contributed by atoms with Crippen LogP contribution in [0, 0.1) is 5.92 Å². The number of aromatic carboxylic acids is 1. The zero-order valence-corrected chi connectivity index (χ0v) is 8.23. The lowest BCUT2D eigenvalue weighted by molar-refractivity contribution is 0.0694. The second-order valence-corrected chi connectivity index (χ2v) is 3.58. The number of carbonyl (C=O) groups is 1. The standard InChI is InChI=1S/C10H13NO3/c1-7(2)6-11-5-3-4-8(9(11)12)10(13)14/h3-5,7H,6H2,1-2H3,(H,13,14). The van der Waals surface area contributed by atoms with Crippen LogP contribution >= 0.6 is 0 Å². The lowest BCUT2D eigenvalue weighted by Crippen LogP contribution is -2.27. The second kappa shape index (κ2) is 4.09. The summed E-state index contributed by atoms with van der Waals surface area (Å²) in [4.78, 5) is 22.2. The summed E-state index contributed by atoms with van der Waals surface area (Å²) >= 11 is 0. The first-order valence-corrected chi connectivity index (χ1v) is 4.45. The van der Waals surface area contributed by atoms with Crippen LogP contribution in [0.3, 0.4) is 0 Å². The largest absolute Gasteiger partial charge is 0.477 e. The van der Waals surface area contributed by atoms with Crippen molar-refractivity contribution in [2.45, 2.75) is 20.4 Å². The predicted octanol–water partition coefficient (Wildman–Crippen LogP) is 1.20. The van der Waals surface area contributed by atoms with Crippen LogP contribution in [0.5, 0.6) is 0 Å². The first-order valence-electron chi connectivity index (χ1n) is 4.45. The van der Waals surface area contributed by atoms with Gasteiger partial charge in [0.05, 0.1) is 0 Å². The van der Waals surface area contributed by atoms with Crippen LogP contribution in [0.1, 0.15) is 24.2 Å². The van der Waals surface area contributed by atoms with Crippen molar-refractivity contribution in [1.29, 1.82) is 0 Å². The summed E-state index contributed by atoms with van der Waals surface area (Å²) in [6.45, 7) is 4.49. The van der Waals surface area contributed by atoms with Crippen molar-refractivity contribution in [3.05, 3.63) is 34.2 Å². The van der Waals surface area contributed by atoms with E-state index in [-0.39, 0.29) is 5.56 Å². The topological polar surface area (TPSA) is 59.3 Å². The van der Waals surface area contributed by atoms with Crippen molar-refractivity contribution in [3.63, 3.8) is 0 Å². The summed E-state index contributed by atoms with van der Waals surface area (Å²) in [7, 11) is 0. The van der Waals surface area contributed by atoms with Gasteiger partial charge in [-0.2, -0.15) is 0 Å². The van der Waals surface area contributed by atoms with E-state index >= 15 is 0 Å². The molecule has 0 saturated heterocycles. The summed E-state index contributed by atoms with van der Waals surface area (Å²) in [5.74, 6) is -0.857. The zero-order valence-electron chi connectivity index (χ0n) is 8.23. The molecule has 1 heterocycles. The van der Waals surface area contributed by atoms with E-state index in [1.807, 2.05) is 13.8 Å². The van der Waals surface area contributed by atoms with Crippen molar-refractivity contribution >= 4 is 5.97 Å². The minimum absolute atomic E-state index is 0.173. The van der Waals surface area contributed by atoms with Crippen molar-refractivity contribution in [2.75, 3.05) is 0 Å². The van der Waals surface area contributed by atoms with Gasteiger partial charge in [-0.15, -0.1) is 0 Å². The van der Waals surface area contributed by atoms with Gasteiger partial charge in [-0.3, -0.25) is 4.79 Å². The molecular formula is C10H13NO3. The van der Waals surface area contributed by atoms with Crippen LogP contribution in [-0.4, -0.2) is 15.6 Å². The zero-order chi connectivity index (χ0) is 10.7. The third kappa shape index (κ3) is 2.22. The average molecular weight is 195 g/mol. The number of nitrogens with zero attached hydrogens (tertiary/aromatic N) is 1. The molecule has 4 nitrogen and oxygen atoms in total. The molecule has 4 heteroatoms. The molecule has 0 aromatic carbocycles. The minimum atomic E-state index is -1.17. The molecule has 0 atom stereocenters. The first-order chi connectivity index (χ1) is 6.52. The van der Waals surface area contributed by atoms with Gasteiger partial charge in [0.15, 0.2) is 0 Å². The Balaban J connectivity index is 3.15. The number of aromatic nitrogens is 1. The number of rotatable bonds is 3. The fourth-order valence-corrected chi connectivity index (χ4v) is 1.24. The number of hydrogen-bond acceptors (Lipinski definition) is 2. The molecule has 0 bridgehead atoms. The second-order valence-electron chi connectivity index (χ2n) is 3.58. The molecule has 0 aliphatic heterocycles. The molecule has 1 rings (SSSR count). The Morgan fingerprint density at radius 2 is 2.21 bits per heavy atom. The van der Waals surface area contributed by atoms with E-state index in [2.05, 4.69) is 0 Å². The first kappa shape index (κ1) is 10.5. The molecule has 1 aromatic heterocycles. The molecule has 0 radical (unpaired) electrons. The van der Waals surface area contributed by atoms with Gasteiger partial charge >= 0.3 is 5.97 Å². The average Bonchev–Trinajstić information content (AvgIpc) is 2.07. The van der Waals surface area contributed by atoms with E-state index in [0.717, 1.165) is 0 Å². The van der Waals surface area contributed by atoms with E-state index in [9.17, 15) is 9.59 Å². The van der Waals surface area contributed by atoms with Gasteiger partial charge < -0.3 is 9.67 Å². The summed E-state index contributed by atoms with van der Waals surface area (Å²) in [6.07, 6.45) is 1.61. The molecule has 0 amide bonds. The summed E-state index contributed by atoms with van der Waals surface area (Å²) < 4.78 is 1.42. The SMILES string of the molecule is CC(C)Cn1cccc(C(=O)O)c1=O. The highest BCUT2D eigenvalue weighted by Crippen LogP contribution is 1.97. The quantitative estimate of drug-likeness (QED) is 0.788. The fourth-order valence-electron chi connectivity index (χ4n) is 1.24. The minimum Gasteiger partial charge on any atom is -0.477 e. The van der Waals surface area contributed by atoms with Gasteiger partial charge in [0.1, 0.15) is 5.56 Å². The Morgan fingerprint density at radius 3 is 2.71 bits per heavy atom. The van der Waals surface area contributed by atoms with Gasteiger partial charge in [0, 0.05) is 12.7 Å². The molecule has 1 N–H and O–H groups in total. The fraction of sp³-hybridized carbons (Fsp3) is 0.400. The van der Waals surface area contributed by atoms with Crippen molar-refractivity contribution in [1.82, 2.24) is 4.57 Å². The third-order valence-electron chi connectivity index (χ3n) is 1.81. The molecule has 0 fully saturated rings. The normalized spacial score (nSPS) is 10.5. The van der Waals surface area contributed by atoms with Crippen LogP contribution < -0.4 is 5.56 Å². The van der Waals surface area contributed by atoms with Crippen LogP contribution in [0.25, 0.3) is 0 Å². The van der Waals surface area contributed by atoms with E-state index in [1.165, 1.54) is 10.6 Å². The van der Waals surface area contributed by atoms with Crippen molar-refractivity contribution in [3.8, 4) is 0 Å². The Hall–Kier alpha value is -1.58. The summed E-state index contributed by atoms with van der Waals surface area (Å²) in [6, 6.07) is 2.90. The Morgan fingerprint density at radius 1 is 1.57 bits per heavy atom.